The number of hydrogen-bond donors (Lipinski definition) is 1. The van der Waals surface area contributed by atoms with E-state index >= 15 is 0 Å². The van der Waals surface area contributed by atoms with E-state index in [0.717, 1.165) is 6.42 Å². The lowest BCUT2D eigenvalue weighted by atomic mass is 10.1. The van der Waals surface area contributed by atoms with Gasteiger partial charge in [0.25, 0.3) is 11.8 Å². The van der Waals surface area contributed by atoms with Crippen LogP contribution in [0, 0.1) is 0 Å². The molecule has 1 fully saturated rings. The van der Waals surface area contributed by atoms with E-state index in [0.29, 0.717) is 17.9 Å². The second-order valence-electron chi connectivity index (χ2n) is 6.33. The highest BCUT2D eigenvalue weighted by atomic mass is 16.7. The number of hydroxylamine groups is 2. The van der Waals surface area contributed by atoms with Gasteiger partial charge in [0.15, 0.2) is 0 Å². The standard InChI is InChI=1S/C15H24N2O6/c1-5-6-7-10(16-14(21)22-15(2,3)4)13(20)23-17-11(18)8-9-12(17)19/h10H,5-9H2,1-4H3,(H,16,21). The molecule has 8 nitrogen and oxygen atoms in total. The molecule has 1 heterocycles. The van der Waals surface area contributed by atoms with E-state index in [1.54, 1.807) is 20.8 Å². The van der Waals surface area contributed by atoms with Crippen molar-refractivity contribution in [2.24, 2.45) is 0 Å². The summed E-state index contributed by atoms with van der Waals surface area (Å²) in [6.07, 6.45) is 1.08. The zero-order chi connectivity index (χ0) is 17.6. The predicted octanol–water partition coefficient (Wildman–Crippen LogP) is 1.68. The molecule has 8 heteroatoms. The number of ether oxygens (including phenoxy) is 1. The molecule has 0 saturated carbocycles. The molecule has 0 radical (unpaired) electrons. The van der Waals surface area contributed by atoms with Crippen molar-refractivity contribution in [3.05, 3.63) is 0 Å². The van der Waals surface area contributed by atoms with Gasteiger partial charge in [-0.05, 0) is 27.2 Å². The van der Waals surface area contributed by atoms with E-state index in [-0.39, 0.29) is 12.8 Å². The number of carbonyl (C=O) groups is 4. The van der Waals surface area contributed by atoms with Crippen LogP contribution in [0.15, 0.2) is 0 Å². The Hall–Kier alpha value is -2.12. The van der Waals surface area contributed by atoms with E-state index in [4.69, 9.17) is 9.57 Å². The van der Waals surface area contributed by atoms with Gasteiger partial charge in [0, 0.05) is 12.8 Å². The Labute approximate surface area is 135 Å². The summed E-state index contributed by atoms with van der Waals surface area (Å²) in [5, 5.41) is 2.90. The molecule has 3 amide bonds. The number of hydrogen-bond acceptors (Lipinski definition) is 6. The van der Waals surface area contributed by atoms with Crippen molar-refractivity contribution in [2.45, 2.75) is 71.4 Å². The summed E-state index contributed by atoms with van der Waals surface area (Å²) < 4.78 is 5.11. The lowest BCUT2D eigenvalue weighted by Crippen LogP contribution is -2.46. The fraction of sp³-hybridized carbons (Fsp3) is 0.733. The quantitative estimate of drug-likeness (QED) is 0.744. The fourth-order valence-electron chi connectivity index (χ4n) is 1.92. The number of carbonyl (C=O) groups excluding carboxylic acids is 4. The molecule has 0 aromatic rings. The van der Waals surface area contributed by atoms with Crippen molar-refractivity contribution in [1.29, 1.82) is 0 Å². The summed E-state index contributed by atoms with van der Waals surface area (Å²) in [4.78, 5) is 51.8. The first-order valence-electron chi connectivity index (χ1n) is 7.71. The van der Waals surface area contributed by atoms with Crippen LogP contribution in [0.4, 0.5) is 4.79 Å². The lowest BCUT2D eigenvalue weighted by molar-refractivity contribution is -0.199. The van der Waals surface area contributed by atoms with E-state index < -0.39 is 35.5 Å². The summed E-state index contributed by atoms with van der Waals surface area (Å²) in [5.74, 6) is -1.97. The van der Waals surface area contributed by atoms with E-state index in [1.165, 1.54) is 0 Å². The van der Waals surface area contributed by atoms with Crippen molar-refractivity contribution in [1.82, 2.24) is 10.4 Å². The maximum Gasteiger partial charge on any atom is 0.408 e. The zero-order valence-electron chi connectivity index (χ0n) is 14.0. The molecular formula is C15H24N2O6. The summed E-state index contributed by atoms with van der Waals surface area (Å²) in [6, 6.07) is -0.981. The van der Waals surface area contributed by atoms with Gasteiger partial charge in [0.1, 0.15) is 11.6 Å². The lowest BCUT2D eigenvalue weighted by Gasteiger charge is -2.23. The molecular weight excluding hydrogens is 304 g/mol. The fourth-order valence-corrected chi connectivity index (χ4v) is 1.92. The maximum absolute atomic E-state index is 12.2. The Bertz CT molecular complexity index is 467. The summed E-state index contributed by atoms with van der Waals surface area (Å²) in [5.41, 5.74) is -0.704. The second-order valence-corrected chi connectivity index (χ2v) is 6.33. The molecule has 1 rings (SSSR count). The normalized spacial score (nSPS) is 16.3. The number of alkyl carbamates (subject to hydrolysis) is 1. The number of amides is 3. The molecule has 1 unspecified atom stereocenters. The molecule has 23 heavy (non-hydrogen) atoms. The molecule has 130 valence electrons. The Morgan fingerprint density at radius 2 is 1.78 bits per heavy atom. The van der Waals surface area contributed by atoms with Gasteiger partial charge in [0.05, 0.1) is 0 Å². The van der Waals surface area contributed by atoms with Crippen molar-refractivity contribution in [3.63, 3.8) is 0 Å². The van der Waals surface area contributed by atoms with E-state index in [2.05, 4.69) is 5.32 Å². The monoisotopic (exact) mass is 328 g/mol. The average molecular weight is 328 g/mol. The third kappa shape index (κ3) is 6.25. The maximum atomic E-state index is 12.2. The number of nitrogens with zero attached hydrogens (tertiary/aromatic N) is 1. The Morgan fingerprint density at radius 3 is 2.26 bits per heavy atom. The summed E-state index contributed by atoms with van der Waals surface area (Å²) in [6.45, 7) is 7.04. The highest BCUT2D eigenvalue weighted by Gasteiger charge is 2.35. The van der Waals surface area contributed by atoms with Crippen LogP contribution in [-0.4, -0.2) is 40.6 Å². The molecule has 0 aromatic carbocycles. The van der Waals surface area contributed by atoms with Gasteiger partial charge in [0.2, 0.25) is 0 Å². The van der Waals surface area contributed by atoms with Gasteiger partial charge < -0.3 is 14.9 Å². The third-order valence-electron chi connectivity index (χ3n) is 3.01. The van der Waals surface area contributed by atoms with Gasteiger partial charge in [-0.15, -0.1) is 5.06 Å². The minimum atomic E-state index is -0.981. The first-order valence-corrected chi connectivity index (χ1v) is 7.71. The molecule has 1 aliphatic heterocycles. The Kier molecular flexibility index (Phi) is 6.53. The summed E-state index contributed by atoms with van der Waals surface area (Å²) in [7, 11) is 0. The first kappa shape index (κ1) is 18.9. The van der Waals surface area contributed by atoms with Gasteiger partial charge in [-0.1, -0.05) is 19.8 Å². The molecule has 0 aromatic heterocycles. The molecule has 1 N–H and O–H groups in total. The predicted molar refractivity (Wildman–Crippen MR) is 79.9 cm³/mol. The van der Waals surface area contributed by atoms with Gasteiger partial charge in [-0.3, -0.25) is 9.59 Å². The summed E-state index contributed by atoms with van der Waals surface area (Å²) >= 11 is 0. The van der Waals surface area contributed by atoms with E-state index in [1.807, 2.05) is 6.92 Å². The van der Waals surface area contributed by atoms with Crippen molar-refractivity contribution in [2.75, 3.05) is 0 Å². The first-order chi connectivity index (χ1) is 10.6. The SMILES string of the molecule is CCCCC(NC(=O)OC(C)(C)C)C(=O)ON1C(=O)CCC1=O. The minimum absolute atomic E-state index is 0.0191. The zero-order valence-corrected chi connectivity index (χ0v) is 14.0. The van der Waals surface area contributed by atoms with Crippen LogP contribution in [0.25, 0.3) is 0 Å². The Morgan fingerprint density at radius 1 is 1.22 bits per heavy atom. The van der Waals surface area contributed by atoms with Crippen LogP contribution >= 0.6 is 0 Å². The van der Waals surface area contributed by atoms with Crippen LogP contribution in [0.3, 0.4) is 0 Å². The largest absolute Gasteiger partial charge is 0.444 e. The van der Waals surface area contributed by atoms with Gasteiger partial charge in [-0.25, -0.2) is 9.59 Å². The highest BCUT2D eigenvalue weighted by molar-refractivity contribution is 6.01. The third-order valence-corrected chi connectivity index (χ3v) is 3.01. The smallest absolute Gasteiger partial charge is 0.408 e. The molecule has 1 aliphatic rings. The molecule has 0 bridgehead atoms. The Balaban J connectivity index is 2.68. The van der Waals surface area contributed by atoms with Crippen LogP contribution in [0.2, 0.25) is 0 Å². The number of rotatable bonds is 6. The minimum Gasteiger partial charge on any atom is -0.444 e. The number of imide groups is 1. The highest BCUT2D eigenvalue weighted by Crippen LogP contribution is 2.14. The molecule has 1 atom stereocenters. The van der Waals surface area contributed by atoms with Crippen LogP contribution in [0.5, 0.6) is 0 Å². The van der Waals surface area contributed by atoms with Gasteiger partial charge in [-0.2, -0.15) is 0 Å². The average Bonchev–Trinajstić information content (AvgIpc) is 2.73. The van der Waals surface area contributed by atoms with Gasteiger partial charge >= 0.3 is 12.1 Å². The second kappa shape index (κ2) is 7.94. The number of nitrogens with one attached hydrogen (secondary N) is 1. The van der Waals surface area contributed by atoms with Crippen molar-refractivity contribution < 1.29 is 28.8 Å². The topological polar surface area (TPSA) is 102 Å². The number of unbranched alkanes of at least 4 members (excludes halogenated alkanes) is 1. The van der Waals surface area contributed by atoms with Crippen molar-refractivity contribution in [3.8, 4) is 0 Å². The van der Waals surface area contributed by atoms with Crippen molar-refractivity contribution >= 4 is 23.9 Å². The molecule has 0 spiro atoms. The van der Waals surface area contributed by atoms with Crippen LogP contribution in [0.1, 0.15) is 59.8 Å². The van der Waals surface area contributed by atoms with Crippen LogP contribution < -0.4 is 5.32 Å². The molecule has 0 aliphatic carbocycles. The molecule has 1 saturated heterocycles. The van der Waals surface area contributed by atoms with Crippen LogP contribution in [-0.2, 0) is 24.0 Å². The van der Waals surface area contributed by atoms with E-state index in [9.17, 15) is 19.2 Å².